The summed E-state index contributed by atoms with van der Waals surface area (Å²) in [6, 6.07) is 0. The van der Waals surface area contributed by atoms with Crippen molar-refractivity contribution in [1.29, 1.82) is 0 Å². The standard InChI is InChI=1S/C11H15O2.3CH2O.Mn/c1-8-4-3-5-11(8)9(2)12-6-10-7-13-10;3*1-2;/h5,9-10H,3,6-7H2,1-2H3;3*1H2;/q-1;;;;. The molecule has 0 aromatic rings. The van der Waals surface area contributed by atoms with Crippen LogP contribution in [0.3, 0.4) is 0 Å². The summed E-state index contributed by atoms with van der Waals surface area (Å²) < 4.78 is 10.7. The Hall–Kier alpha value is -1.07. The van der Waals surface area contributed by atoms with Crippen molar-refractivity contribution in [3.05, 3.63) is 23.3 Å². The van der Waals surface area contributed by atoms with E-state index in [4.69, 9.17) is 23.9 Å². The van der Waals surface area contributed by atoms with Gasteiger partial charge in [0.25, 0.3) is 0 Å². The van der Waals surface area contributed by atoms with Crippen LogP contribution in [0.4, 0.5) is 0 Å². The van der Waals surface area contributed by atoms with Crippen molar-refractivity contribution >= 4 is 20.4 Å². The van der Waals surface area contributed by atoms with Crippen molar-refractivity contribution in [2.45, 2.75) is 32.5 Å². The van der Waals surface area contributed by atoms with E-state index in [0.29, 0.717) is 6.10 Å². The van der Waals surface area contributed by atoms with E-state index in [1.54, 1.807) is 0 Å². The van der Waals surface area contributed by atoms with Crippen molar-refractivity contribution < 1.29 is 40.9 Å². The Morgan fingerprint density at radius 3 is 2.20 bits per heavy atom. The maximum atomic E-state index is 8.00. The zero-order valence-corrected chi connectivity index (χ0v) is 13.1. The van der Waals surface area contributed by atoms with Gasteiger partial charge in [-0.25, -0.2) is 5.57 Å². The summed E-state index contributed by atoms with van der Waals surface area (Å²) in [5.74, 6) is 0. The molecule has 5 nitrogen and oxygen atoms in total. The maximum Gasteiger partial charge on any atom is 0.106 e. The van der Waals surface area contributed by atoms with E-state index in [1.807, 2.05) is 20.4 Å². The van der Waals surface area contributed by atoms with Crippen LogP contribution in [-0.2, 0) is 40.9 Å². The molecular weight excluding hydrogens is 303 g/mol. The molecule has 1 saturated heterocycles. The van der Waals surface area contributed by atoms with Gasteiger partial charge in [-0.15, -0.1) is 6.42 Å². The van der Waals surface area contributed by atoms with Crippen LogP contribution in [0.15, 0.2) is 17.2 Å². The molecule has 2 unspecified atom stereocenters. The van der Waals surface area contributed by atoms with E-state index in [2.05, 4.69) is 26.0 Å². The Labute approximate surface area is 130 Å². The van der Waals surface area contributed by atoms with Crippen LogP contribution in [0.2, 0.25) is 0 Å². The number of ether oxygens (including phenoxy) is 2. The summed E-state index contributed by atoms with van der Waals surface area (Å²) in [6.45, 7) is 11.8. The second kappa shape index (κ2) is 16.0. The van der Waals surface area contributed by atoms with Crippen molar-refractivity contribution in [3.8, 4) is 0 Å². The Kier molecular flexibility index (Phi) is 19.2. The molecule has 0 saturated carbocycles. The molecular formula is C14H21MnO5-. The predicted molar refractivity (Wildman–Crippen MR) is 71.6 cm³/mol. The molecule has 115 valence electrons. The molecule has 1 aliphatic heterocycles. The molecule has 1 radical (unpaired) electrons. The fourth-order valence-electron chi connectivity index (χ4n) is 1.55. The van der Waals surface area contributed by atoms with Crippen molar-refractivity contribution in [1.82, 2.24) is 0 Å². The van der Waals surface area contributed by atoms with Crippen LogP contribution in [0.5, 0.6) is 0 Å². The van der Waals surface area contributed by atoms with Crippen LogP contribution < -0.4 is 0 Å². The Balaban J connectivity index is -0.000000368. The summed E-state index contributed by atoms with van der Waals surface area (Å²) >= 11 is 0. The zero-order valence-electron chi connectivity index (χ0n) is 11.9. The SMILES string of the molecule is C=O.C=O.C=O.CC1=[C-]CC=C1C(C)OCC1CO1.[Mn]. The first kappa shape index (κ1) is 24.0. The molecule has 2 rings (SSSR count). The van der Waals surface area contributed by atoms with Crippen molar-refractivity contribution in [2.24, 2.45) is 0 Å². The van der Waals surface area contributed by atoms with E-state index in [1.165, 1.54) is 11.1 Å². The van der Waals surface area contributed by atoms with Crippen LogP contribution in [0.1, 0.15) is 20.3 Å². The number of epoxide rings is 1. The van der Waals surface area contributed by atoms with Crippen LogP contribution in [0, 0.1) is 6.08 Å². The van der Waals surface area contributed by atoms with E-state index >= 15 is 0 Å². The third kappa shape index (κ3) is 9.81. The van der Waals surface area contributed by atoms with Gasteiger partial charge in [0.15, 0.2) is 0 Å². The second-order valence-electron chi connectivity index (χ2n) is 3.60. The Morgan fingerprint density at radius 2 is 1.85 bits per heavy atom. The third-order valence-corrected chi connectivity index (χ3v) is 2.49. The summed E-state index contributed by atoms with van der Waals surface area (Å²) in [6.07, 6.45) is 6.95. The normalized spacial score (nSPS) is 19.0. The summed E-state index contributed by atoms with van der Waals surface area (Å²) in [5.41, 5.74) is 2.53. The van der Waals surface area contributed by atoms with Crippen molar-refractivity contribution in [2.75, 3.05) is 13.2 Å². The minimum atomic E-state index is 0. The van der Waals surface area contributed by atoms with Gasteiger partial charge in [-0.05, 0) is 0 Å². The third-order valence-electron chi connectivity index (χ3n) is 2.49. The predicted octanol–water partition coefficient (Wildman–Crippen LogP) is 1.31. The van der Waals surface area contributed by atoms with E-state index in [9.17, 15) is 0 Å². The number of rotatable bonds is 4. The monoisotopic (exact) mass is 324 g/mol. The number of allylic oxidation sites excluding steroid dienone is 2. The van der Waals surface area contributed by atoms with Crippen LogP contribution in [0.25, 0.3) is 0 Å². The van der Waals surface area contributed by atoms with Gasteiger partial charge in [-0.1, -0.05) is 13.8 Å². The minimum absolute atomic E-state index is 0. The average Bonchev–Trinajstić information content (AvgIpc) is 3.23. The molecule has 0 aromatic carbocycles. The number of hydrogen-bond acceptors (Lipinski definition) is 5. The quantitative estimate of drug-likeness (QED) is 0.443. The van der Waals surface area contributed by atoms with Gasteiger partial charge in [-0.2, -0.15) is 11.6 Å². The summed E-state index contributed by atoms with van der Waals surface area (Å²) in [7, 11) is 0. The molecule has 0 spiro atoms. The van der Waals surface area contributed by atoms with Crippen LogP contribution >= 0.6 is 0 Å². The summed E-state index contributed by atoms with van der Waals surface area (Å²) in [5, 5.41) is 0. The fraction of sp³-hybridized carbons (Fsp3) is 0.500. The second-order valence-corrected chi connectivity index (χ2v) is 3.60. The topological polar surface area (TPSA) is 73.0 Å². The van der Waals surface area contributed by atoms with E-state index < -0.39 is 0 Å². The van der Waals surface area contributed by atoms with Gasteiger partial charge >= 0.3 is 0 Å². The Morgan fingerprint density at radius 1 is 1.35 bits per heavy atom. The van der Waals surface area contributed by atoms with Gasteiger partial charge < -0.3 is 23.9 Å². The van der Waals surface area contributed by atoms with Gasteiger partial charge in [0.2, 0.25) is 0 Å². The van der Waals surface area contributed by atoms with E-state index in [0.717, 1.165) is 19.6 Å². The molecule has 0 aromatic heterocycles. The van der Waals surface area contributed by atoms with Crippen LogP contribution in [-0.4, -0.2) is 45.8 Å². The number of carbonyl (C=O) groups excluding carboxylic acids is 3. The number of carbonyl (C=O) groups is 3. The molecule has 2 atom stereocenters. The average molecular weight is 324 g/mol. The number of hydrogen-bond donors (Lipinski definition) is 0. The largest absolute Gasteiger partial charge is 0.389 e. The maximum absolute atomic E-state index is 8.00. The summed E-state index contributed by atoms with van der Waals surface area (Å²) in [4.78, 5) is 24.0. The smallest absolute Gasteiger partial charge is 0.106 e. The fourth-order valence-corrected chi connectivity index (χ4v) is 1.55. The Bertz CT molecular complexity index is 295. The van der Waals surface area contributed by atoms with Gasteiger partial charge in [0.05, 0.1) is 13.2 Å². The molecule has 1 fully saturated rings. The van der Waals surface area contributed by atoms with Crippen molar-refractivity contribution in [3.63, 3.8) is 0 Å². The molecule has 20 heavy (non-hydrogen) atoms. The first-order chi connectivity index (χ1) is 9.27. The molecule has 0 amide bonds. The van der Waals surface area contributed by atoms with E-state index in [-0.39, 0.29) is 23.2 Å². The molecule has 1 heterocycles. The molecule has 0 N–H and O–H groups in total. The molecule has 0 bridgehead atoms. The zero-order chi connectivity index (χ0) is 15.3. The molecule has 2 aliphatic rings. The molecule has 1 aliphatic carbocycles. The first-order valence-corrected chi connectivity index (χ1v) is 5.65. The first-order valence-electron chi connectivity index (χ1n) is 5.65. The molecule has 6 heteroatoms. The minimum Gasteiger partial charge on any atom is -0.389 e. The van der Waals surface area contributed by atoms with Gasteiger partial charge in [0, 0.05) is 23.2 Å². The van der Waals surface area contributed by atoms with Gasteiger partial charge in [-0.3, -0.25) is 6.08 Å². The van der Waals surface area contributed by atoms with Gasteiger partial charge in [0.1, 0.15) is 26.5 Å².